The third-order valence-corrected chi connectivity index (χ3v) is 12.0. The van der Waals surface area contributed by atoms with Crippen LogP contribution in [0.5, 0.6) is 18.0 Å². The van der Waals surface area contributed by atoms with Crippen molar-refractivity contribution in [2.75, 3.05) is 0 Å². The van der Waals surface area contributed by atoms with Gasteiger partial charge in [0.1, 0.15) is 0 Å². The van der Waals surface area contributed by atoms with E-state index in [1.165, 1.54) is 193 Å². The van der Waals surface area contributed by atoms with Crippen molar-refractivity contribution in [3.8, 4) is 18.0 Å². The molecule has 4 rings (SSSR count). The molecule has 0 saturated heterocycles. The Morgan fingerprint density at radius 3 is 0.684 bits per heavy atom. The molecule has 0 bridgehead atoms. The maximum atomic E-state index is 6.12. The first-order valence-electron chi connectivity index (χ1n) is 24.5. The second-order valence-corrected chi connectivity index (χ2v) is 17.3. The summed E-state index contributed by atoms with van der Waals surface area (Å²) in [4.78, 5) is 32.2. The molecule has 0 fully saturated rings. The maximum absolute atomic E-state index is 6.12. The Hall–Kier alpha value is -2.97. The zero-order valence-corrected chi connectivity index (χ0v) is 36.4. The molecule has 1 aromatic heterocycles. The molecule has 3 aliphatic rings. The average Bonchev–Trinajstić information content (AvgIpc) is 3.25. The van der Waals surface area contributed by atoms with E-state index in [2.05, 4.69) is 49.6 Å². The predicted octanol–water partition coefficient (Wildman–Crippen LogP) is 14.4. The number of allylic oxidation sites excluding steroid dienone is 6. The van der Waals surface area contributed by atoms with Gasteiger partial charge in [-0.2, -0.15) is 0 Å². The van der Waals surface area contributed by atoms with Gasteiger partial charge in [0.05, 0.1) is 0 Å². The van der Waals surface area contributed by atoms with Crippen molar-refractivity contribution in [3.63, 3.8) is 0 Å². The van der Waals surface area contributed by atoms with Crippen LogP contribution >= 0.6 is 0 Å². The number of nitrogens with zero attached hydrogens (tertiary/aromatic N) is 3. The quantitative estimate of drug-likeness (QED) is 0.211. The Kier molecular flexibility index (Phi) is 27.0. The molecule has 0 aromatic carbocycles. The van der Waals surface area contributed by atoms with Gasteiger partial charge < -0.3 is 14.5 Å². The summed E-state index contributed by atoms with van der Waals surface area (Å²) < 4.78 is 0. The summed E-state index contributed by atoms with van der Waals surface area (Å²) in [5.74, 6) is 0. The molecule has 0 unspecified atom stereocenters. The summed E-state index contributed by atoms with van der Waals surface area (Å²) in [6, 6.07) is 0.382. The highest BCUT2D eigenvalue weighted by atomic mass is 16.7. The molecule has 0 radical (unpaired) electrons. The van der Waals surface area contributed by atoms with Crippen LogP contribution in [0.25, 0.3) is 0 Å². The van der Waals surface area contributed by atoms with E-state index in [9.17, 15) is 0 Å². The van der Waals surface area contributed by atoms with Crippen LogP contribution in [0.15, 0.2) is 35.3 Å². The number of nitrogens with one attached hydrogen (secondary N) is 3. The molecule has 0 aliphatic heterocycles. The molecule has 0 saturated carbocycles. The molecule has 9 nitrogen and oxygen atoms in total. The lowest BCUT2D eigenvalue weighted by atomic mass is 10.1. The predicted molar refractivity (Wildman–Crippen MR) is 235 cm³/mol. The Balaban J connectivity index is 1.44. The molecule has 3 N–H and O–H groups in total. The number of hydroxylamine groups is 3. The summed E-state index contributed by atoms with van der Waals surface area (Å²) in [6.45, 7) is 0. The van der Waals surface area contributed by atoms with E-state index in [0.717, 1.165) is 74.9 Å². The smallest absolute Gasteiger partial charge is 0.340 e. The van der Waals surface area contributed by atoms with E-state index in [1.54, 1.807) is 0 Å². The molecule has 324 valence electrons. The number of hydrogen-bond acceptors (Lipinski definition) is 9. The third kappa shape index (κ3) is 24.5. The van der Waals surface area contributed by atoms with Gasteiger partial charge in [-0.1, -0.05) is 192 Å². The Labute approximate surface area is 348 Å². The topological polar surface area (TPSA) is 102 Å². The maximum Gasteiger partial charge on any atom is 0.352 e. The van der Waals surface area contributed by atoms with E-state index >= 15 is 0 Å². The summed E-state index contributed by atoms with van der Waals surface area (Å²) in [7, 11) is 0. The van der Waals surface area contributed by atoms with Crippen LogP contribution in [0.3, 0.4) is 0 Å². The molecular weight excluding hydrogens is 709 g/mol. The van der Waals surface area contributed by atoms with Gasteiger partial charge in [-0.3, -0.25) is 0 Å². The monoisotopic (exact) mass is 793 g/mol. The molecular formula is C48H84N6O3. The SMILES string of the molecule is C1=C(NOc2nc(ONC3=CCCCCCCCCCCCCC3)nc(ONC3=CCCCCCCCCCCCCC3)n2)CCCCCCCCCCCCC1. The molecule has 0 amide bonds. The fraction of sp³-hybridized carbons (Fsp3) is 0.812. The zero-order chi connectivity index (χ0) is 39.5. The van der Waals surface area contributed by atoms with Crippen LogP contribution in [-0.4, -0.2) is 15.0 Å². The summed E-state index contributed by atoms with van der Waals surface area (Å²) >= 11 is 0. The summed E-state index contributed by atoms with van der Waals surface area (Å²) in [5.41, 5.74) is 13.0. The van der Waals surface area contributed by atoms with Gasteiger partial charge in [0.15, 0.2) is 0 Å². The van der Waals surface area contributed by atoms with Crippen molar-refractivity contribution in [2.45, 2.75) is 250 Å². The average molecular weight is 793 g/mol. The van der Waals surface area contributed by atoms with E-state index in [1.807, 2.05) is 0 Å². The first kappa shape index (κ1) is 46.7. The molecule has 3 aliphatic carbocycles. The molecule has 57 heavy (non-hydrogen) atoms. The van der Waals surface area contributed by atoms with Crippen LogP contribution in [0.1, 0.15) is 250 Å². The first-order chi connectivity index (χ1) is 28.3. The van der Waals surface area contributed by atoms with Crippen molar-refractivity contribution in [3.05, 3.63) is 35.3 Å². The van der Waals surface area contributed by atoms with E-state index in [-0.39, 0.29) is 18.0 Å². The second kappa shape index (κ2) is 32.9. The molecule has 1 heterocycles. The molecule has 0 spiro atoms. The zero-order valence-electron chi connectivity index (χ0n) is 36.4. The third-order valence-electron chi connectivity index (χ3n) is 12.0. The Bertz CT molecular complexity index is 1080. The van der Waals surface area contributed by atoms with E-state index < -0.39 is 0 Å². The first-order valence-corrected chi connectivity index (χ1v) is 24.5. The Morgan fingerprint density at radius 1 is 0.263 bits per heavy atom. The molecule has 1 aromatic rings. The Morgan fingerprint density at radius 2 is 0.456 bits per heavy atom. The van der Waals surface area contributed by atoms with Crippen LogP contribution in [0, 0.1) is 0 Å². The lowest BCUT2D eigenvalue weighted by Crippen LogP contribution is -2.24. The van der Waals surface area contributed by atoms with Crippen LogP contribution in [-0.2, 0) is 0 Å². The van der Waals surface area contributed by atoms with Crippen molar-refractivity contribution in [1.82, 2.24) is 31.4 Å². The lowest BCUT2D eigenvalue weighted by molar-refractivity contribution is 0.155. The highest BCUT2D eigenvalue weighted by Gasteiger charge is 2.14. The largest absolute Gasteiger partial charge is 0.352 e. The van der Waals surface area contributed by atoms with Gasteiger partial charge in [-0.25, -0.2) is 16.4 Å². The molecule has 9 heteroatoms. The van der Waals surface area contributed by atoms with Crippen molar-refractivity contribution in [2.24, 2.45) is 0 Å². The minimum absolute atomic E-state index is 0.127. The normalized spacial score (nSPS) is 21.4. The van der Waals surface area contributed by atoms with Gasteiger partial charge in [0, 0.05) is 17.1 Å². The minimum atomic E-state index is 0.127. The second-order valence-electron chi connectivity index (χ2n) is 17.3. The van der Waals surface area contributed by atoms with Gasteiger partial charge in [-0.15, -0.1) is 15.0 Å². The summed E-state index contributed by atoms with van der Waals surface area (Å²) in [6.07, 6.45) is 56.0. The van der Waals surface area contributed by atoms with E-state index in [4.69, 9.17) is 14.5 Å². The fourth-order valence-corrected chi connectivity index (χ4v) is 8.36. The van der Waals surface area contributed by atoms with Gasteiger partial charge >= 0.3 is 18.0 Å². The molecule has 0 atom stereocenters. The van der Waals surface area contributed by atoms with Gasteiger partial charge in [0.25, 0.3) is 0 Å². The van der Waals surface area contributed by atoms with Crippen molar-refractivity contribution < 1.29 is 14.5 Å². The number of aromatic nitrogens is 3. The van der Waals surface area contributed by atoms with Crippen LogP contribution < -0.4 is 31.0 Å². The van der Waals surface area contributed by atoms with Crippen LogP contribution in [0.4, 0.5) is 0 Å². The van der Waals surface area contributed by atoms with E-state index in [0.29, 0.717) is 0 Å². The van der Waals surface area contributed by atoms with Gasteiger partial charge in [0.2, 0.25) is 0 Å². The minimum Gasteiger partial charge on any atom is -0.340 e. The highest BCUT2D eigenvalue weighted by Crippen LogP contribution is 2.21. The lowest BCUT2D eigenvalue weighted by Gasteiger charge is -2.15. The fourth-order valence-electron chi connectivity index (χ4n) is 8.36. The number of rotatable bonds is 9. The number of hydrogen-bond donors (Lipinski definition) is 3. The van der Waals surface area contributed by atoms with Crippen molar-refractivity contribution >= 4 is 0 Å². The standard InChI is InChI=1S/C48H84N6O3/c1-2-8-14-20-26-32-38-43(37-31-25-19-13-7-1)52-55-46-49-47(56-53-44-39-33-27-21-15-9-3-4-10-16-22-28-34-40-44)51-48(50-46)57-54-45-41-35-29-23-17-11-5-6-12-18-24-30-36-42-45/h37,39,41,52-54H,1-36,38,40,42H2. The highest BCUT2D eigenvalue weighted by molar-refractivity contribution is 5.11. The van der Waals surface area contributed by atoms with Crippen LogP contribution in [0.2, 0.25) is 0 Å². The van der Waals surface area contributed by atoms with Gasteiger partial charge in [-0.05, 0) is 77.0 Å². The summed E-state index contributed by atoms with van der Waals surface area (Å²) in [5, 5.41) is 0. The van der Waals surface area contributed by atoms with Crippen molar-refractivity contribution in [1.29, 1.82) is 0 Å².